The Labute approximate surface area is 205 Å². The highest BCUT2D eigenvalue weighted by atomic mass is 28.4. The molecule has 35 heavy (non-hydrogen) atoms. The molecule has 10 nitrogen and oxygen atoms in total. The van der Waals surface area contributed by atoms with Crippen LogP contribution < -0.4 is 21.0 Å². The number of amides is 2. The van der Waals surface area contributed by atoms with Crippen LogP contribution in [0.1, 0.15) is 40.0 Å². The number of aromatic nitrogens is 4. The van der Waals surface area contributed by atoms with Gasteiger partial charge in [-0.05, 0) is 45.1 Å². The fourth-order valence-corrected chi connectivity index (χ4v) is 8.88. The normalized spacial score (nSPS) is 12.7. The van der Waals surface area contributed by atoms with E-state index in [4.69, 9.17) is 9.53 Å². The number of nitrogens with zero attached hydrogens (tertiary/aromatic N) is 3. The quantitative estimate of drug-likeness (QED) is 0.236. The molecule has 2 amide bonds. The Bertz CT molecular complexity index is 1030. The van der Waals surface area contributed by atoms with Crippen LogP contribution in [0.5, 0.6) is 0 Å². The molecular formula is C24H32N6O4Si. The Morgan fingerprint density at radius 1 is 1.03 bits per heavy atom. The minimum Gasteiger partial charge on any atom is -0.465 e. The lowest BCUT2D eigenvalue weighted by atomic mass is 10.1. The molecule has 11 heteroatoms. The number of H-pyrrole nitrogens is 1. The first kappa shape index (κ1) is 26.0. The van der Waals surface area contributed by atoms with E-state index in [0.29, 0.717) is 25.9 Å². The van der Waals surface area contributed by atoms with Crippen molar-refractivity contribution in [2.75, 3.05) is 11.9 Å². The number of carboxylic acid groups (broad SMARTS) is 1. The van der Waals surface area contributed by atoms with Crippen LogP contribution in [-0.2, 0) is 9.22 Å². The lowest BCUT2D eigenvalue weighted by Gasteiger charge is -2.43. The molecule has 0 spiro atoms. The lowest BCUT2D eigenvalue weighted by Crippen LogP contribution is -2.66. The van der Waals surface area contributed by atoms with Crippen molar-refractivity contribution in [3.8, 4) is 0 Å². The Morgan fingerprint density at radius 3 is 2.11 bits per heavy atom. The van der Waals surface area contributed by atoms with Gasteiger partial charge in [0.2, 0.25) is 11.9 Å². The summed E-state index contributed by atoms with van der Waals surface area (Å²) >= 11 is 0. The predicted octanol–water partition coefficient (Wildman–Crippen LogP) is 2.52. The second-order valence-corrected chi connectivity index (χ2v) is 13.6. The van der Waals surface area contributed by atoms with Gasteiger partial charge in [0.1, 0.15) is 6.04 Å². The van der Waals surface area contributed by atoms with Crippen LogP contribution >= 0.6 is 0 Å². The number of hydrogen-bond acceptors (Lipinski definition) is 6. The zero-order chi connectivity index (χ0) is 25.3. The third kappa shape index (κ3) is 6.52. The van der Waals surface area contributed by atoms with Crippen LogP contribution in [0.25, 0.3) is 0 Å². The molecule has 3 aromatic rings. The standard InChI is InChI=1S/C24H32N6O4Si/c1-24(2,3)35(18-12-6-4-7-13-18,19-14-8-5-9-15-19)34-17-11-10-16-20(25-23(32)33)21(31)26-22-27-29-30-28-22/h4-9,12-15,20,25H,10-11,16-17H2,1-3H3,(H,32,33)(H2,26,27,28,29,30,31)/t20-/m0/s1. The van der Waals surface area contributed by atoms with Crippen LogP contribution in [0, 0.1) is 0 Å². The second kappa shape index (κ2) is 11.7. The van der Waals surface area contributed by atoms with E-state index in [-0.39, 0.29) is 11.0 Å². The van der Waals surface area contributed by atoms with Gasteiger partial charge < -0.3 is 14.8 Å². The third-order valence-corrected chi connectivity index (χ3v) is 10.9. The number of carbonyl (C=O) groups excluding carboxylic acids is 1. The number of aromatic amines is 1. The van der Waals surface area contributed by atoms with Gasteiger partial charge in [0.15, 0.2) is 0 Å². The molecule has 0 saturated carbocycles. The van der Waals surface area contributed by atoms with Crippen LogP contribution in [0.3, 0.4) is 0 Å². The van der Waals surface area contributed by atoms with Crippen LogP contribution in [-0.4, -0.2) is 58.7 Å². The summed E-state index contributed by atoms with van der Waals surface area (Å²) in [6, 6.07) is 19.8. The van der Waals surface area contributed by atoms with E-state index in [2.05, 4.69) is 76.3 Å². The molecular weight excluding hydrogens is 464 g/mol. The number of carbonyl (C=O) groups is 2. The Balaban J connectivity index is 1.70. The van der Waals surface area contributed by atoms with Gasteiger partial charge in [-0.2, -0.15) is 0 Å². The molecule has 0 unspecified atom stereocenters. The topological polar surface area (TPSA) is 142 Å². The lowest BCUT2D eigenvalue weighted by molar-refractivity contribution is -0.118. The first-order valence-corrected chi connectivity index (χ1v) is 13.4. The molecule has 186 valence electrons. The zero-order valence-electron chi connectivity index (χ0n) is 20.2. The van der Waals surface area contributed by atoms with Crippen LogP contribution in [0.4, 0.5) is 10.7 Å². The monoisotopic (exact) mass is 496 g/mol. The average molecular weight is 497 g/mol. The van der Waals surface area contributed by atoms with Crippen molar-refractivity contribution in [3.63, 3.8) is 0 Å². The molecule has 3 rings (SSSR count). The minimum atomic E-state index is -2.63. The van der Waals surface area contributed by atoms with Crippen molar-refractivity contribution in [2.45, 2.75) is 51.1 Å². The van der Waals surface area contributed by atoms with Gasteiger partial charge in [-0.25, -0.2) is 9.89 Å². The van der Waals surface area contributed by atoms with Gasteiger partial charge in [-0.1, -0.05) is 86.5 Å². The van der Waals surface area contributed by atoms with Gasteiger partial charge in [0.25, 0.3) is 8.32 Å². The maximum atomic E-state index is 12.5. The Morgan fingerprint density at radius 2 is 1.63 bits per heavy atom. The van der Waals surface area contributed by atoms with Crippen molar-refractivity contribution < 1.29 is 19.1 Å². The van der Waals surface area contributed by atoms with Crippen LogP contribution in [0.2, 0.25) is 5.04 Å². The molecule has 2 aromatic carbocycles. The number of hydrogen-bond donors (Lipinski definition) is 4. The summed E-state index contributed by atoms with van der Waals surface area (Å²) in [6.45, 7) is 7.14. The first-order chi connectivity index (χ1) is 16.7. The van der Waals surface area contributed by atoms with E-state index < -0.39 is 26.4 Å². The van der Waals surface area contributed by atoms with Gasteiger partial charge in [0.05, 0.1) is 0 Å². The van der Waals surface area contributed by atoms with E-state index in [9.17, 15) is 9.59 Å². The third-order valence-electron chi connectivity index (χ3n) is 5.82. The summed E-state index contributed by atoms with van der Waals surface area (Å²) in [5, 5.41) is 29.0. The maximum absolute atomic E-state index is 12.5. The summed E-state index contributed by atoms with van der Waals surface area (Å²) in [7, 11) is -2.63. The highest BCUT2D eigenvalue weighted by Gasteiger charge is 2.49. The molecule has 1 aromatic heterocycles. The number of unbranched alkanes of at least 4 members (excludes halogenated alkanes) is 1. The van der Waals surface area contributed by atoms with E-state index >= 15 is 0 Å². The van der Waals surface area contributed by atoms with Gasteiger partial charge >= 0.3 is 6.09 Å². The largest absolute Gasteiger partial charge is 0.465 e. The second-order valence-electron chi connectivity index (χ2n) is 9.25. The zero-order valence-corrected chi connectivity index (χ0v) is 21.2. The molecule has 0 radical (unpaired) electrons. The maximum Gasteiger partial charge on any atom is 0.405 e. The first-order valence-electron chi connectivity index (χ1n) is 11.5. The molecule has 0 aliphatic carbocycles. The smallest absolute Gasteiger partial charge is 0.405 e. The number of nitrogens with one attached hydrogen (secondary N) is 3. The minimum absolute atomic E-state index is 0.0576. The molecule has 1 atom stereocenters. The Hall–Kier alpha value is -3.57. The summed E-state index contributed by atoms with van der Waals surface area (Å²) in [5.41, 5.74) is 0. The van der Waals surface area contributed by atoms with Crippen molar-refractivity contribution in [1.29, 1.82) is 0 Å². The fourth-order valence-electron chi connectivity index (χ4n) is 4.27. The molecule has 0 aliphatic heterocycles. The van der Waals surface area contributed by atoms with E-state index in [1.54, 1.807) is 0 Å². The SMILES string of the molecule is CC(C)(C)[Si](OCCCC[C@H](NC(=O)O)C(=O)Nc1nnn[nH]1)(c1ccccc1)c1ccccc1. The molecule has 0 bridgehead atoms. The van der Waals surface area contributed by atoms with E-state index in [0.717, 1.165) is 0 Å². The molecule has 0 aliphatic rings. The summed E-state index contributed by atoms with van der Waals surface area (Å²) in [6.07, 6.45) is 0.290. The van der Waals surface area contributed by atoms with Crippen molar-refractivity contribution in [1.82, 2.24) is 25.9 Å². The van der Waals surface area contributed by atoms with Gasteiger partial charge in [-0.3, -0.25) is 10.1 Å². The summed E-state index contributed by atoms with van der Waals surface area (Å²) in [5.74, 6) is -0.471. The predicted molar refractivity (Wildman–Crippen MR) is 135 cm³/mol. The molecule has 0 saturated heterocycles. The molecule has 4 N–H and O–H groups in total. The summed E-state index contributed by atoms with van der Waals surface area (Å²) < 4.78 is 6.85. The Kier molecular flexibility index (Phi) is 8.71. The number of rotatable bonds is 11. The fraction of sp³-hybridized carbons (Fsp3) is 0.375. The number of anilines is 1. The highest BCUT2D eigenvalue weighted by molar-refractivity contribution is 6.99. The number of benzene rings is 2. The van der Waals surface area contributed by atoms with Gasteiger partial charge in [-0.15, -0.1) is 0 Å². The van der Waals surface area contributed by atoms with Crippen molar-refractivity contribution in [2.24, 2.45) is 0 Å². The van der Waals surface area contributed by atoms with Crippen molar-refractivity contribution >= 4 is 36.6 Å². The van der Waals surface area contributed by atoms with Crippen LogP contribution in [0.15, 0.2) is 60.7 Å². The van der Waals surface area contributed by atoms with E-state index in [1.807, 2.05) is 36.4 Å². The van der Waals surface area contributed by atoms with E-state index in [1.165, 1.54) is 10.4 Å². The highest BCUT2D eigenvalue weighted by Crippen LogP contribution is 2.36. The average Bonchev–Trinajstić information content (AvgIpc) is 3.34. The number of tetrazole rings is 1. The van der Waals surface area contributed by atoms with Crippen molar-refractivity contribution in [3.05, 3.63) is 60.7 Å². The molecule has 0 fully saturated rings. The van der Waals surface area contributed by atoms with Gasteiger partial charge in [0, 0.05) is 6.61 Å². The summed E-state index contributed by atoms with van der Waals surface area (Å²) in [4.78, 5) is 23.7. The molecule has 1 heterocycles.